The number of carbonyl (C=O) groups excluding carboxylic acids is 1. The number of halogens is 1. The van der Waals surface area contributed by atoms with Crippen molar-refractivity contribution in [3.05, 3.63) is 70.7 Å². The van der Waals surface area contributed by atoms with Gasteiger partial charge in [-0.25, -0.2) is 0 Å². The van der Waals surface area contributed by atoms with Crippen LogP contribution in [0.25, 0.3) is 6.08 Å². The molecular weight excluding hydrogens is 290 g/mol. The lowest BCUT2D eigenvalue weighted by atomic mass is 10.2. The van der Waals surface area contributed by atoms with Crippen molar-refractivity contribution < 1.29 is 4.79 Å². The number of para-hydroxylation sites is 1. The Balaban J connectivity index is 2.02. The van der Waals surface area contributed by atoms with E-state index < -0.39 is 0 Å². The molecule has 18 heavy (non-hydrogen) atoms. The molecule has 3 heteroatoms. The summed E-state index contributed by atoms with van der Waals surface area (Å²) in [6, 6.07) is 17.1. The third kappa shape index (κ3) is 3.57. The molecule has 2 aromatic carbocycles. The molecule has 0 unspecified atom stereocenters. The summed E-state index contributed by atoms with van der Waals surface area (Å²) in [4.78, 5) is 11.7. The fraction of sp³-hybridized carbons (Fsp3) is 0. The highest BCUT2D eigenvalue weighted by Gasteiger charge is 1.97. The first-order valence-corrected chi connectivity index (χ1v) is 6.33. The van der Waals surface area contributed by atoms with Crippen LogP contribution in [0.15, 0.2) is 65.1 Å². The van der Waals surface area contributed by atoms with E-state index in [1.807, 2.05) is 54.6 Å². The lowest BCUT2D eigenvalue weighted by molar-refractivity contribution is -0.111. The quantitative estimate of drug-likeness (QED) is 0.850. The minimum atomic E-state index is -0.142. The van der Waals surface area contributed by atoms with E-state index in [9.17, 15) is 4.79 Å². The van der Waals surface area contributed by atoms with Crippen molar-refractivity contribution in [3.63, 3.8) is 0 Å². The molecule has 0 saturated carbocycles. The zero-order chi connectivity index (χ0) is 12.8. The Hall–Kier alpha value is -1.87. The van der Waals surface area contributed by atoms with E-state index in [1.165, 1.54) is 6.08 Å². The third-order valence-electron chi connectivity index (χ3n) is 2.36. The SMILES string of the molecule is O=C(C=Cc1ccccc1Br)Nc1ccccc1. The summed E-state index contributed by atoms with van der Waals surface area (Å²) in [7, 11) is 0. The molecule has 0 aliphatic heterocycles. The van der Waals surface area contributed by atoms with Crippen LogP contribution in [0.1, 0.15) is 5.56 Å². The molecule has 0 spiro atoms. The second-order valence-electron chi connectivity index (χ2n) is 3.71. The number of hydrogen-bond donors (Lipinski definition) is 1. The van der Waals surface area contributed by atoms with Crippen molar-refractivity contribution in [2.24, 2.45) is 0 Å². The van der Waals surface area contributed by atoms with E-state index >= 15 is 0 Å². The Kier molecular flexibility index (Phi) is 4.31. The van der Waals surface area contributed by atoms with Crippen LogP contribution in [0.5, 0.6) is 0 Å². The predicted molar refractivity (Wildman–Crippen MR) is 78.2 cm³/mol. The van der Waals surface area contributed by atoms with E-state index in [0.29, 0.717) is 0 Å². The van der Waals surface area contributed by atoms with Crippen molar-refractivity contribution in [2.45, 2.75) is 0 Å². The molecule has 1 amide bonds. The summed E-state index contributed by atoms with van der Waals surface area (Å²) >= 11 is 3.43. The minimum Gasteiger partial charge on any atom is -0.323 e. The molecule has 0 radical (unpaired) electrons. The van der Waals surface area contributed by atoms with Gasteiger partial charge in [-0.3, -0.25) is 4.79 Å². The Morgan fingerprint density at radius 2 is 1.67 bits per heavy atom. The van der Waals surface area contributed by atoms with Crippen molar-refractivity contribution in [1.82, 2.24) is 0 Å². The van der Waals surface area contributed by atoms with Gasteiger partial charge in [0.15, 0.2) is 0 Å². The first kappa shape index (κ1) is 12.6. The molecule has 0 heterocycles. The van der Waals surface area contributed by atoms with Gasteiger partial charge in [-0.2, -0.15) is 0 Å². The molecule has 0 aromatic heterocycles. The molecule has 0 fully saturated rings. The average Bonchev–Trinajstić information content (AvgIpc) is 2.39. The molecular formula is C15H12BrNO. The van der Waals surface area contributed by atoms with Crippen LogP contribution >= 0.6 is 15.9 Å². The Labute approximate surface area is 114 Å². The monoisotopic (exact) mass is 301 g/mol. The Morgan fingerprint density at radius 3 is 2.39 bits per heavy atom. The van der Waals surface area contributed by atoms with Crippen LogP contribution in [-0.2, 0) is 4.79 Å². The summed E-state index contributed by atoms with van der Waals surface area (Å²) in [5, 5.41) is 2.79. The van der Waals surface area contributed by atoms with Crippen molar-refractivity contribution in [1.29, 1.82) is 0 Å². The maximum absolute atomic E-state index is 11.7. The molecule has 2 nitrogen and oxygen atoms in total. The van der Waals surface area contributed by atoms with Gasteiger partial charge in [0.2, 0.25) is 5.91 Å². The summed E-state index contributed by atoms with van der Waals surface area (Å²) in [5.74, 6) is -0.142. The van der Waals surface area contributed by atoms with E-state index in [-0.39, 0.29) is 5.91 Å². The van der Waals surface area contributed by atoms with Crippen LogP contribution in [0.4, 0.5) is 5.69 Å². The lowest BCUT2D eigenvalue weighted by Crippen LogP contribution is -2.07. The summed E-state index contributed by atoms with van der Waals surface area (Å²) in [6.07, 6.45) is 3.30. The zero-order valence-electron chi connectivity index (χ0n) is 9.64. The van der Waals surface area contributed by atoms with E-state index in [4.69, 9.17) is 0 Å². The van der Waals surface area contributed by atoms with Crippen molar-refractivity contribution >= 4 is 33.6 Å². The van der Waals surface area contributed by atoms with Gasteiger partial charge >= 0.3 is 0 Å². The number of hydrogen-bond acceptors (Lipinski definition) is 1. The molecule has 0 aliphatic carbocycles. The highest BCUT2D eigenvalue weighted by molar-refractivity contribution is 9.10. The van der Waals surface area contributed by atoms with Gasteiger partial charge in [-0.1, -0.05) is 52.3 Å². The smallest absolute Gasteiger partial charge is 0.248 e. The van der Waals surface area contributed by atoms with E-state index in [0.717, 1.165) is 15.7 Å². The van der Waals surface area contributed by atoms with Gasteiger partial charge in [0.05, 0.1) is 0 Å². The lowest BCUT2D eigenvalue weighted by Gasteiger charge is -2.01. The Morgan fingerprint density at radius 1 is 1.00 bits per heavy atom. The average molecular weight is 302 g/mol. The second kappa shape index (κ2) is 6.17. The maximum Gasteiger partial charge on any atom is 0.248 e. The first-order chi connectivity index (χ1) is 8.75. The molecule has 2 rings (SSSR count). The van der Waals surface area contributed by atoms with Crippen LogP contribution in [0.3, 0.4) is 0 Å². The normalized spacial score (nSPS) is 10.5. The van der Waals surface area contributed by atoms with Crippen LogP contribution < -0.4 is 5.32 Å². The fourth-order valence-electron chi connectivity index (χ4n) is 1.48. The topological polar surface area (TPSA) is 29.1 Å². The van der Waals surface area contributed by atoms with Gasteiger partial charge < -0.3 is 5.32 Å². The van der Waals surface area contributed by atoms with Gasteiger partial charge in [0, 0.05) is 16.2 Å². The molecule has 90 valence electrons. The molecule has 1 N–H and O–H groups in total. The number of anilines is 1. The summed E-state index contributed by atoms with van der Waals surface area (Å²) in [5.41, 5.74) is 1.76. The van der Waals surface area contributed by atoms with Crippen LogP contribution in [0.2, 0.25) is 0 Å². The number of amides is 1. The van der Waals surface area contributed by atoms with Gasteiger partial charge in [-0.05, 0) is 29.8 Å². The summed E-state index contributed by atoms with van der Waals surface area (Å²) < 4.78 is 0.966. The minimum absolute atomic E-state index is 0.142. The fourth-order valence-corrected chi connectivity index (χ4v) is 1.90. The molecule has 0 atom stereocenters. The largest absolute Gasteiger partial charge is 0.323 e. The maximum atomic E-state index is 11.7. The first-order valence-electron chi connectivity index (χ1n) is 5.54. The number of benzene rings is 2. The van der Waals surface area contributed by atoms with Crippen molar-refractivity contribution in [2.75, 3.05) is 5.32 Å². The molecule has 0 aliphatic rings. The molecule has 0 saturated heterocycles. The van der Waals surface area contributed by atoms with Crippen LogP contribution in [-0.4, -0.2) is 5.91 Å². The number of carbonyl (C=O) groups is 1. The van der Waals surface area contributed by atoms with Gasteiger partial charge in [0.1, 0.15) is 0 Å². The zero-order valence-corrected chi connectivity index (χ0v) is 11.2. The highest BCUT2D eigenvalue weighted by atomic mass is 79.9. The number of nitrogens with one attached hydrogen (secondary N) is 1. The van der Waals surface area contributed by atoms with Crippen molar-refractivity contribution in [3.8, 4) is 0 Å². The number of rotatable bonds is 3. The summed E-state index contributed by atoms with van der Waals surface area (Å²) in [6.45, 7) is 0. The third-order valence-corrected chi connectivity index (χ3v) is 3.08. The van der Waals surface area contributed by atoms with E-state index in [2.05, 4.69) is 21.2 Å². The molecule has 0 bridgehead atoms. The van der Waals surface area contributed by atoms with Gasteiger partial charge in [0.25, 0.3) is 0 Å². The molecule has 2 aromatic rings. The second-order valence-corrected chi connectivity index (χ2v) is 4.56. The Bertz CT molecular complexity index is 564. The van der Waals surface area contributed by atoms with E-state index in [1.54, 1.807) is 6.08 Å². The van der Waals surface area contributed by atoms with Gasteiger partial charge in [-0.15, -0.1) is 0 Å². The standard InChI is InChI=1S/C15H12BrNO/c16-14-9-5-4-6-12(14)10-11-15(18)17-13-7-2-1-3-8-13/h1-11H,(H,17,18). The predicted octanol–water partition coefficient (Wildman–Crippen LogP) is 4.10. The highest BCUT2D eigenvalue weighted by Crippen LogP contribution is 2.17. The van der Waals surface area contributed by atoms with Crippen LogP contribution in [0, 0.1) is 0 Å².